The highest BCUT2D eigenvalue weighted by atomic mass is 16.3. The topological polar surface area (TPSA) is 83.3 Å². The van der Waals surface area contributed by atoms with Crippen LogP contribution in [0.3, 0.4) is 0 Å². The molecule has 1 aliphatic carbocycles. The number of pyridine rings is 1. The fourth-order valence-corrected chi connectivity index (χ4v) is 3.45. The molecule has 7 heteroatoms. The molecule has 1 saturated carbocycles. The first kappa shape index (κ1) is 16.2. The molecule has 0 bridgehead atoms. The van der Waals surface area contributed by atoms with Crippen molar-refractivity contribution < 1.29 is 9.90 Å². The lowest BCUT2D eigenvalue weighted by atomic mass is 10.2. The second-order valence-electron chi connectivity index (χ2n) is 6.98. The quantitative estimate of drug-likeness (QED) is 0.831. The van der Waals surface area contributed by atoms with Gasteiger partial charge < -0.3 is 10.4 Å². The molecule has 4 rings (SSSR count). The number of hydrogen-bond acceptors (Lipinski definition) is 5. The largest absolute Gasteiger partial charge is 0.395 e. The SMILES string of the molecule is O=C(Nc1cnn([C@H]2C[C@@H](CO)N(Cc3ccncc3)C2)c1)C1CC1. The molecule has 7 nitrogen and oxygen atoms in total. The maximum absolute atomic E-state index is 11.9. The fourth-order valence-electron chi connectivity index (χ4n) is 3.45. The summed E-state index contributed by atoms with van der Waals surface area (Å²) in [6.07, 6.45) is 10.0. The number of hydrogen-bond donors (Lipinski definition) is 2. The normalized spacial score (nSPS) is 23.7. The minimum atomic E-state index is 0.0959. The van der Waals surface area contributed by atoms with Crippen molar-refractivity contribution in [2.75, 3.05) is 18.5 Å². The van der Waals surface area contributed by atoms with Gasteiger partial charge in [-0.05, 0) is 37.0 Å². The molecule has 2 N–H and O–H groups in total. The van der Waals surface area contributed by atoms with Gasteiger partial charge in [-0.2, -0.15) is 5.10 Å². The van der Waals surface area contributed by atoms with E-state index in [9.17, 15) is 9.90 Å². The average molecular weight is 341 g/mol. The van der Waals surface area contributed by atoms with Gasteiger partial charge in [-0.15, -0.1) is 0 Å². The van der Waals surface area contributed by atoms with E-state index in [0.29, 0.717) is 0 Å². The highest BCUT2D eigenvalue weighted by molar-refractivity contribution is 5.93. The first-order valence-electron chi connectivity index (χ1n) is 8.82. The Hall–Kier alpha value is -2.25. The molecule has 0 unspecified atom stereocenters. The summed E-state index contributed by atoms with van der Waals surface area (Å²) in [5.41, 5.74) is 1.94. The summed E-state index contributed by atoms with van der Waals surface area (Å²) >= 11 is 0. The van der Waals surface area contributed by atoms with E-state index in [0.717, 1.165) is 38.0 Å². The lowest BCUT2D eigenvalue weighted by Gasteiger charge is -2.22. The average Bonchev–Trinajstić information content (AvgIpc) is 3.26. The number of aromatic nitrogens is 3. The van der Waals surface area contributed by atoms with Crippen LogP contribution in [0.1, 0.15) is 30.9 Å². The number of amides is 1. The van der Waals surface area contributed by atoms with Crippen LogP contribution in [0.2, 0.25) is 0 Å². The second kappa shape index (κ2) is 6.93. The highest BCUT2D eigenvalue weighted by Gasteiger charge is 2.33. The smallest absolute Gasteiger partial charge is 0.227 e. The molecule has 2 aromatic heterocycles. The number of aliphatic hydroxyl groups excluding tert-OH is 1. The van der Waals surface area contributed by atoms with Crippen LogP contribution in [0.15, 0.2) is 36.9 Å². The first-order chi connectivity index (χ1) is 12.2. The van der Waals surface area contributed by atoms with Crippen LogP contribution >= 0.6 is 0 Å². The first-order valence-corrected chi connectivity index (χ1v) is 8.82. The van der Waals surface area contributed by atoms with Crippen molar-refractivity contribution in [1.82, 2.24) is 19.7 Å². The molecular weight excluding hydrogens is 318 g/mol. The molecule has 1 amide bonds. The van der Waals surface area contributed by atoms with Crippen LogP contribution in [-0.2, 0) is 11.3 Å². The minimum absolute atomic E-state index is 0.0959. The zero-order valence-corrected chi connectivity index (χ0v) is 14.1. The molecule has 0 aromatic carbocycles. The molecule has 132 valence electrons. The summed E-state index contributed by atoms with van der Waals surface area (Å²) in [6.45, 7) is 1.75. The Kier molecular flexibility index (Phi) is 4.50. The Morgan fingerprint density at radius 3 is 2.84 bits per heavy atom. The summed E-state index contributed by atoms with van der Waals surface area (Å²) in [7, 11) is 0. The maximum Gasteiger partial charge on any atom is 0.227 e. The van der Waals surface area contributed by atoms with Gasteiger partial charge in [0.25, 0.3) is 0 Å². The predicted molar refractivity (Wildman–Crippen MR) is 92.8 cm³/mol. The van der Waals surface area contributed by atoms with E-state index in [1.807, 2.05) is 23.0 Å². The van der Waals surface area contributed by atoms with Crippen molar-refractivity contribution in [3.8, 4) is 0 Å². The van der Waals surface area contributed by atoms with Gasteiger partial charge in [-0.25, -0.2) is 0 Å². The molecule has 1 aliphatic heterocycles. The molecule has 1 saturated heterocycles. The monoisotopic (exact) mass is 341 g/mol. The molecule has 2 atom stereocenters. The van der Waals surface area contributed by atoms with Crippen molar-refractivity contribution in [1.29, 1.82) is 0 Å². The molecular formula is C18H23N5O2. The van der Waals surface area contributed by atoms with Crippen molar-refractivity contribution in [3.05, 3.63) is 42.5 Å². The van der Waals surface area contributed by atoms with Crippen LogP contribution in [0.4, 0.5) is 5.69 Å². The standard InChI is InChI=1S/C18H23N5O2/c24-12-17-7-16(11-22(17)9-13-3-5-19-6-4-13)23-10-15(8-20-23)21-18(25)14-1-2-14/h3-6,8,10,14,16-17,24H,1-2,7,9,11-12H2,(H,21,25)/t16-,17-/m0/s1. The lowest BCUT2D eigenvalue weighted by Crippen LogP contribution is -2.31. The molecule has 25 heavy (non-hydrogen) atoms. The zero-order valence-electron chi connectivity index (χ0n) is 14.1. The Balaban J connectivity index is 1.41. The summed E-state index contributed by atoms with van der Waals surface area (Å²) in [5.74, 6) is 0.281. The number of rotatable bonds is 6. The number of nitrogens with one attached hydrogen (secondary N) is 1. The van der Waals surface area contributed by atoms with Crippen LogP contribution < -0.4 is 5.32 Å². The molecule has 3 heterocycles. The van der Waals surface area contributed by atoms with Gasteiger partial charge in [0.15, 0.2) is 0 Å². The van der Waals surface area contributed by atoms with E-state index >= 15 is 0 Å². The third-order valence-corrected chi connectivity index (χ3v) is 5.04. The highest BCUT2D eigenvalue weighted by Crippen LogP contribution is 2.31. The van der Waals surface area contributed by atoms with E-state index < -0.39 is 0 Å². The van der Waals surface area contributed by atoms with E-state index in [2.05, 4.69) is 20.3 Å². The van der Waals surface area contributed by atoms with E-state index in [4.69, 9.17) is 0 Å². The van der Waals surface area contributed by atoms with Gasteiger partial charge in [-0.3, -0.25) is 19.4 Å². The van der Waals surface area contributed by atoms with E-state index in [1.54, 1.807) is 18.6 Å². The van der Waals surface area contributed by atoms with Gasteiger partial charge in [0.05, 0.1) is 24.5 Å². The lowest BCUT2D eigenvalue weighted by molar-refractivity contribution is -0.117. The number of carbonyl (C=O) groups excluding carboxylic acids is 1. The Morgan fingerprint density at radius 1 is 1.32 bits per heavy atom. The number of carbonyl (C=O) groups is 1. The molecule has 2 fully saturated rings. The van der Waals surface area contributed by atoms with Gasteiger partial charge in [0, 0.05) is 43.6 Å². The molecule has 2 aliphatic rings. The van der Waals surface area contributed by atoms with Crippen molar-refractivity contribution in [2.24, 2.45) is 5.92 Å². The number of anilines is 1. The fraction of sp³-hybridized carbons (Fsp3) is 0.500. The predicted octanol–water partition coefficient (Wildman–Crippen LogP) is 1.43. The summed E-state index contributed by atoms with van der Waals surface area (Å²) in [6, 6.07) is 4.32. The Bertz CT molecular complexity index is 728. The van der Waals surface area contributed by atoms with Crippen molar-refractivity contribution in [2.45, 2.75) is 37.9 Å². The summed E-state index contributed by atoms with van der Waals surface area (Å²) in [4.78, 5) is 18.2. The molecule has 0 radical (unpaired) electrons. The molecule has 2 aromatic rings. The van der Waals surface area contributed by atoms with Gasteiger partial charge in [-0.1, -0.05) is 0 Å². The molecule has 0 spiro atoms. The Morgan fingerprint density at radius 2 is 2.12 bits per heavy atom. The Labute approximate surface area is 146 Å². The maximum atomic E-state index is 11.9. The van der Waals surface area contributed by atoms with Crippen LogP contribution in [0.5, 0.6) is 0 Å². The van der Waals surface area contributed by atoms with Crippen molar-refractivity contribution >= 4 is 11.6 Å². The number of nitrogens with zero attached hydrogens (tertiary/aromatic N) is 4. The van der Waals surface area contributed by atoms with Crippen molar-refractivity contribution in [3.63, 3.8) is 0 Å². The number of aliphatic hydroxyl groups is 1. The van der Waals surface area contributed by atoms with E-state index in [-0.39, 0.29) is 30.5 Å². The van der Waals surface area contributed by atoms with Gasteiger partial charge >= 0.3 is 0 Å². The van der Waals surface area contributed by atoms with E-state index in [1.165, 1.54) is 5.56 Å². The summed E-state index contributed by atoms with van der Waals surface area (Å²) < 4.78 is 1.91. The van der Waals surface area contributed by atoms with Crippen LogP contribution in [0.25, 0.3) is 0 Å². The third-order valence-electron chi connectivity index (χ3n) is 5.04. The summed E-state index contributed by atoms with van der Waals surface area (Å²) in [5, 5.41) is 17.1. The zero-order chi connectivity index (χ0) is 17.2. The second-order valence-corrected chi connectivity index (χ2v) is 6.98. The van der Waals surface area contributed by atoms with Gasteiger partial charge in [0.2, 0.25) is 5.91 Å². The third kappa shape index (κ3) is 3.72. The van der Waals surface area contributed by atoms with Crippen LogP contribution in [0, 0.1) is 5.92 Å². The van der Waals surface area contributed by atoms with Gasteiger partial charge in [0.1, 0.15) is 0 Å². The number of likely N-dealkylation sites (tertiary alicyclic amines) is 1. The minimum Gasteiger partial charge on any atom is -0.395 e. The van der Waals surface area contributed by atoms with Crippen LogP contribution in [-0.4, -0.2) is 49.9 Å².